The molecule has 0 unspecified atom stereocenters. The van der Waals surface area contributed by atoms with Gasteiger partial charge in [0, 0.05) is 24.9 Å². The maximum Gasteiger partial charge on any atom is 0.191 e. The Morgan fingerprint density at radius 3 is 2.55 bits per heavy atom. The first-order valence-corrected chi connectivity index (χ1v) is 7.10. The van der Waals surface area contributed by atoms with E-state index in [0.717, 1.165) is 0 Å². The van der Waals surface area contributed by atoms with Gasteiger partial charge < -0.3 is 15.4 Å². The van der Waals surface area contributed by atoms with Crippen LogP contribution in [0.5, 0.6) is 5.75 Å². The average molecular weight is 294 g/mol. The lowest BCUT2D eigenvalue weighted by atomic mass is 10.3. The lowest BCUT2D eigenvalue weighted by Gasteiger charge is -2.10. The fourth-order valence-electron chi connectivity index (χ4n) is 1.60. The van der Waals surface area contributed by atoms with Gasteiger partial charge in [-0.2, -0.15) is 0 Å². The highest BCUT2D eigenvalue weighted by atomic mass is 32.2. The van der Waals surface area contributed by atoms with Crippen molar-refractivity contribution in [2.75, 3.05) is 31.0 Å². The quantitative estimate of drug-likeness (QED) is 0.652. The van der Waals surface area contributed by atoms with Crippen molar-refractivity contribution in [2.24, 2.45) is 0 Å². The molecule has 20 heavy (non-hydrogen) atoms. The molecule has 0 amide bonds. The van der Waals surface area contributed by atoms with Gasteiger partial charge >= 0.3 is 0 Å². The third-order valence-corrected chi connectivity index (χ3v) is 3.12. The summed E-state index contributed by atoms with van der Waals surface area (Å²) in [7, 11) is 3.21. The molecule has 0 radical (unpaired) electrons. The Bertz CT molecular complexity index is 587. The predicted octanol–water partition coefficient (Wildman–Crippen LogP) is 3.13. The molecule has 2 N–H and O–H groups in total. The number of anilines is 3. The van der Waals surface area contributed by atoms with Gasteiger partial charge in [0.15, 0.2) is 16.7 Å². The summed E-state index contributed by atoms with van der Waals surface area (Å²) in [5.41, 5.74) is 0.594. The Balaban J connectivity index is 2.27. The van der Waals surface area contributed by atoms with Crippen molar-refractivity contribution in [1.29, 1.82) is 0 Å². The normalized spacial score (nSPS) is 10.2. The van der Waals surface area contributed by atoms with Crippen LogP contribution in [0.2, 0.25) is 0 Å². The molecule has 0 aliphatic carbocycles. The van der Waals surface area contributed by atoms with Crippen LogP contribution in [0.25, 0.3) is 0 Å². The summed E-state index contributed by atoms with van der Waals surface area (Å²) in [5, 5.41) is 6.64. The van der Waals surface area contributed by atoms with Crippen molar-refractivity contribution in [2.45, 2.75) is 5.16 Å². The summed E-state index contributed by atoms with van der Waals surface area (Å²) in [4.78, 5) is 8.58. The van der Waals surface area contributed by atoms with Crippen LogP contribution < -0.4 is 15.4 Å². The number of thioether (sulfide) groups is 1. The molecular formula is C13H15FN4OS. The molecule has 0 bridgehead atoms. The van der Waals surface area contributed by atoms with Crippen molar-refractivity contribution in [3.05, 3.63) is 30.1 Å². The fraction of sp³-hybridized carbons (Fsp3) is 0.231. The summed E-state index contributed by atoms with van der Waals surface area (Å²) in [5.74, 6) is 1.07. The molecule has 0 aliphatic rings. The Morgan fingerprint density at radius 2 is 1.95 bits per heavy atom. The minimum Gasteiger partial charge on any atom is -0.494 e. The van der Waals surface area contributed by atoms with Crippen LogP contribution in [-0.2, 0) is 0 Å². The zero-order chi connectivity index (χ0) is 14.5. The molecule has 7 heteroatoms. The molecule has 0 atom stereocenters. The predicted molar refractivity (Wildman–Crippen MR) is 79.6 cm³/mol. The highest BCUT2D eigenvalue weighted by molar-refractivity contribution is 7.98. The number of hydrogen-bond acceptors (Lipinski definition) is 6. The minimum atomic E-state index is -0.425. The third kappa shape index (κ3) is 3.30. The van der Waals surface area contributed by atoms with Crippen LogP contribution >= 0.6 is 11.8 Å². The van der Waals surface area contributed by atoms with Gasteiger partial charge in [-0.1, -0.05) is 11.8 Å². The van der Waals surface area contributed by atoms with E-state index in [2.05, 4.69) is 20.6 Å². The van der Waals surface area contributed by atoms with E-state index in [9.17, 15) is 4.39 Å². The van der Waals surface area contributed by atoms with Crippen LogP contribution in [0.15, 0.2) is 29.4 Å². The molecule has 2 rings (SSSR count). The van der Waals surface area contributed by atoms with E-state index in [1.54, 1.807) is 25.2 Å². The lowest BCUT2D eigenvalue weighted by Crippen LogP contribution is -2.01. The number of ether oxygens (including phenoxy) is 1. The second kappa shape index (κ2) is 6.42. The van der Waals surface area contributed by atoms with Crippen molar-refractivity contribution in [3.63, 3.8) is 0 Å². The fourth-order valence-corrected chi connectivity index (χ4v) is 1.98. The van der Waals surface area contributed by atoms with Crippen LogP contribution in [0.1, 0.15) is 0 Å². The smallest absolute Gasteiger partial charge is 0.191 e. The highest BCUT2D eigenvalue weighted by Gasteiger charge is 2.06. The van der Waals surface area contributed by atoms with Crippen molar-refractivity contribution in [3.8, 4) is 5.75 Å². The molecule has 0 aliphatic heterocycles. The largest absolute Gasteiger partial charge is 0.494 e. The van der Waals surface area contributed by atoms with Crippen LogP contribution in [0, 0.1) is 5.82 Å². The molecule has 1 aromatic carbocycles. The summed E-state index contributed by atoms with van der Waals surface area (Å²) in [6, 6.07) is 6.40. The number of hydrogen-bond donors (Lipinski definition) is 2. The number of methoxy groups -OCH3 is 1. The Labute approximate surface area is 121 Å². The van der Waals surface area contributed by atoms with Crippen molar-refractivity contribution < 1.29 is 9.13 Å². The Hall–Kier alpha value is -2.02. The van der Waals surface area contributed by atoms with Gasteiger partial charge in [0.1, 0.15) is 11.6 Å². The van der Waals surface area contributed by atoms with Crippen LogP contribution in [-0.4, -0.2) is 30.4 Å². The lowest BCUT2D eigenvalue weighted by molar-refractivity contribution is 0.386. The van der Waals surface area contributed by atoms with E-state index < -0.39 is 5.82 Å². The second-order valence-corrected chi connectivity index (χ2v) is 4.62. The third-order valence-electron chi connectivity index (χ3n) is 2.57. The molecule has 1 heterocycles. The highest BCUT2D eigenvalue weighted by Crippen LogP contribution is 2.24. The Kier molecular flexibility index (Phi) is 4.62. The first-order valence-electron chi connectivity index (χ1n) is 5.87. The summed E-state index contributed by atoms with van der Waals surface area (Å²) in [6.45, 7) is 0. The first-order chi connectivity index (χ1) is 9.66. The number of nitrogens with zero attached hydrogens (tertiary/aromatic N) is 2. The molecule has 5 nitrogen and oxygen atoms in total. The van der Waals surface area contributed by atoms with E-state index in [1.165, 1.54) is 24.9 Å². The van der Waals surface area contributed by atoms with Crippen LogP contribution in [0.4, 0.5) is 21.7 Å². The molecule has 0 spiro atoms. The number of nitrogens with one attached hydrogen (secondary N) is 2. The molecule has 0 fully saturated rings. The summed E-state index contributed by atoms with van der Waals surface area (Å²) >= 11 is 1.44. The van der Waals surface area contributed by atoms with Crippen molar-refractivity contribution >= 4 is 29.1 Å². The van der Waals surface area contributed by atoms with E-state index >= 15 is 0 Å². The van der Waals surface area contributed by atoms with Gasteiger partial charge in [0.05, 0.1) is 7.11 Å². The zero-order valence-corrected chi connectivity index (χ0v) is 12.2. The summed E-state index contributed by atoms with van der Waals surface area (Å²) < 4.78 is 18.5. The molecule has 0 saturated carbocycles. The van der Waals surface area contributed by atoms with Gasteiger partial charge in [-0.05, 0) is 18.4 Å². The second-order valence-electron chi connectivity index (χ2n) is 3.85. The van der Waals surface area contributed by atoms with E-state index in [1.807, 2.05) is 6.26 Å². The standard InChI is InChI=1S/C13H15FN4OS/c1-15-11-7-12(18-13(17-11)20-3)16-8-4-5-10(19-2)9(14)6-8/h4-7H,1-3H3,(H2,15,16,17,18). The van der Waals surface area contributed by atoms with Gasteiger partial charge in [0.2, 0.25) is 0 Å². The van der Waals surface area contributed by atoms with Gasteiger partial charge in [-0.25, -0.2) is 14.4 Å². The maximum atomic E-state index is 13.6. The monoisotopic (exact) mass is 294 g/mol. The zero-order valence-electron chi connectivity index (χ0n) is 11.4. The van der Waals surface area contributed by atoms with Crippen LogP contribution in [0.3, 0.4) is 0 Å². The average Bonchev–Trinajstić information content (AvgIpc) is 2.47. The molecule has 106 valence electrons. The number of benzene rings is 1. The van der Waals surface area contributed by atoms with E-state index in [-0.39, 0.29) is 5.75 Å². The topological polar surface area (TPSA) is 59.1 Å². The first kappa shape index (κ1) is 14.4. The Morgan fingerprint density at radius 1 is 1.20 bits per heavy atom. The van der Waals surface area contributed by atoms with Gasteiger partial charge in [-0.3, -0.25) is 0 Å². The van der Waals surface area contributed by atoms with Gasteiger partial charge in [0.25, 0.3) is 0 Å². The molecule has 1 aromatic heterocycles. The SMILES string of the molecule is CNc1cc(Nc2ccc(OC)c(F)c2)nc(SC)n1. The van der Waals surface area contributed by atoms with E-state index in [4.69, 9.17) is 4.74 Å². The number of halogens is 1. The molecule has 0 saturated heterocycles. The van der Waals surface area contributed by atoms with Crippen molar-refractivity contribution in [1.82, 2.24) is 9.97 Å². The summed E-state index contributed by atoms with van der Waals surface area (Å²) in [6.07, 6.45) is 1.89. The van der Waals surface area contributed by atoms with E-state index in [0.29, 0.717) is 22.5 Å². The number of rotatable bonds is 5. The molecular weight excluding hydrogens is 279 g/mol. The maximum absolute atomic E-state index is 13.6. The van der Waals surface area contributed by atoms with Gasteiger partial charge in [-0.15, -0.1) is 0 Å². The number of aromatic nitrogens is 2. The molecule has 2 aromatic rings. The minimum absolute atomic E-state index is 0.207.